The van der Waals surface area contributed by atoms with Gasteiger partial charge in [0.2, 0.25) is 0 Å². The first-order valence-corrected chi connectivity index (χ1v) is 13.8. The van der Waals surface area contributed by atoms with E-state index in [1.165, 1.54) is 21.8 Å². The first kappa shape index (κ1) is 23.8. The second-order valence-electron chi connectivity index (χ2n) is 10.5. The third-order valence-electron chi connectivity index (χ3n) is 8.20. The summed E-state index contributed by atoms with van der Waals surface area (Å²) in [6.45, 7) is 0. The van der Waals surface area contributed by atoms with E-state index in [-0.39, 0.29) is 0 Å². The predicted molar refractivity (Wildman–Crippen MR) is 170 cm³/mol. The maximum atomic E-state index is 9.72. The Balaban J connectivity index is 1.37. The smallest absolute Gasteiger partial charge is 0.101 e. The third-order valence-corrected chi connectivity index (χ3v) is 8.20. The zero-order valence-corrected chi connectivity index (χ0v) is 22.5. The largest absolute Gasteiger partial charge is 0.309 e. The maximum absolute atomic E-state index is 9.72. The molecule has 2 aromatic heterocycles. The quantitative estimate of drug-likeness (QED) is 0.227. The molecule has 0 saturated heterocycles. The molecule has 4 heteroatoms. The average Bonchev–Trinajstić information content (AvgIpc) is 3.57. The highest BCUT2D eigenvalue weighted by Crippen LogP contribution is 2.38. The van der Waals surface area contributed by atoms with Gasteiger partial charge in [0.15, 0.2) is 0 Å². The third kappa shape index (κ3) is 3.47. The molecular weight excluding hydrogens is 512 g/mol. The van der Waals surface area contributed by atoms with E-state index in [9.17, 15) is 10.5 Å². The SMILES string of the molecule is N#Cc1ccc(-n2c3ccccc3c3ccc(-c4ccc5c(c4)c4ccccc4n5-c4ccccc4)cc32)cc1C#N. The zero-order valence-electron chi connectivity index (χ0n) is 22.5. The minimum atomic E-state index is 0.373. The topological polar surface area (TPSA) is 57.4 Å². The van der Waals surface area contributed by atoms with Crippen LogP contribution in [0.2, 0.25) is 0 Å². The van der Waals surface area contributed by atoms with Gasteiger partial charge >= 0.3 is 0 Å². The Labute approximate surface area is 242 Å². The van der Waals surface area contributed by atoms with Gasteiger partial charge in [-0.1, -0.05) is 72.8 Å². The Hall–Kier alpha value is -6.10. The summed E-state index contributed by atoms with van der Waals surface area (Å²) in [6, 6.07) is 50.5. The summed E-state index contributed by atoms with van der Waals surface area (Å²) < 4.78 is 4.52. The summed E-state index contributed by atoms with van der Waals surface area (Å²) in [6.07, 6.45) is 0. The molecule has 0 aliphatic heterocycles. The van der Waals surface area contributed by atoms with Crippen LogP contribution in [-0.4, -0.2) is 9.13 Å². The molecule has 0 atom stereocenters. The van der Waals surface area contributed by atoms with Crippen molar-refractivity contribution in [2.45, 2.75) is 0 Å². The van der Waals surface area contributed by atoms with Gasteiger partial charge in [-0.2, -0.15) is 10.5 Å². The van der Waals surface area contributed by atoms with E-state index in [0.29, 0.717) is 11.1 Å². The van der Waals surface area contributed by atoms with Gasteiger partial charge in [-0.3, -0.25) is 0 Å². The Morgan fingerprint density at radius 1 is 0.381 bits per heavy atom. The summed E-state index contributed by atoms with van der Waals surface area (Å²) in [5, 5.41) is 23.9. The fourth-order valence-electron chi connectivity index (χ4n) is 6.30. The summed E-state index contributed by atoms with van der Waals surface area (Å²) >= 11 is 0. The zero-order chi connectivity index (χ0) is 28.2. The molecule has 0 aliphatic carbocycles. The van der Waals surface area contributed by atoms with Crippen LogP contribution in [0.1, 0.15) is 11.1 Å². The molecule has 0 N–H and O–H groups in total. The molecule has 0 bridgehead atoms. The van der Waals surface area contributed by atoms with E-state index in [1.54, 1.807) is 6.07 Å². The van der Waals surface area contributed by atoms with Gasteiger partial charge in [-0.15, -0.1) is 0 Å². The fourth-order valence-corrected chi connectivity index (χ4v) is 6.30. The van der Waals surface area contributed by atoms with Crippen molar-refractivity contribution in [1.82, 2.24) is 9.13 Å². The van der Waals surface area contributed by atoms with Crippen LogP contribution in [-0.2, 0) is 0 Å². The van der Waals surface area contributed by atoms with Crippen molar-refractivity contribution in [3.05, 3.63) is 145 Å². The van der Waals surface area contributed by atoms with Crippen molar-refractivity contribution < 1.29 is 0 Å². The molecule has 8 aromatic rings. The molecule has 0 fully saturated rings. The second-order valence-corrected chi connectivity index (χ2v) is 10.5. The predicted octanol–water partition coefficient (Wildman–Crippen LogP) is 9.29. The molecule has 0 spiro atoms. The molecule has 2 heterocycles. The number of nitrogens with zero attached hydrogens (tertiary/aromatic N) is 4. The minimum absolute atomic E-state index is 0.373. The molecule has 194 valence electrons. The molecule has 6 aromatic carbocycles. The maximum Gasteiger partial charge on any atom is 0.101 e. The van der Waals surface area contributed by atoms with E-state index < -0.39 is 0 Å². The van der Waals surface area contributed by atoms with Gasteiger partial charge in [-0.05, 0) is 71.8 Å². The Morgan fingerprint density at radius 3 is 1.69 bits per heavy atom. The van der Waals surface area contributed by atoms with Gasteiger partial charge in [0.1, 0.15) is 12.1 Å². The number of rotatable bonds is 3. The van der Waals surface area contributed by atoms with Gasteiger partial charge in [0.05, 0.1) is 33.2 Å². The summed E-state index contributed by atoms with van der Waals surface area (Å²) in [4.78, 5) is 0. The van der Waals surface area contributed by atoms with E-state index >= 15 is 0 Å². The van der Waals surface area contributed by atoms with E-state index in [0.717, 1.165) is 44.3 Å². The number of nitriles is 2. The first-order valence-electron chi connectivity index (χ1n) is 13.8. The number of hydrogen-bond donors (Lipinski definition) is 0. The van der Waals surface area contributed by atoms with Crippen molar-refractivity contribution >= 4 is 43.6 Å². The number of aromatic nitrogens is 2. The van der Waals surface area contributed by atoms with Crippen LogP contribution in [0.25, 0.3) is 66.1 Å². The van der Waals surface area contributed by atoms with Crippen molar-refractivity contribution in [2.75, 3.05) is 0 Å². The molecule has 4 nitrogen and oxygen atoms in total. The Kier molecular flexibility index (Phi) is 5.22. The van der Waals surface area contributed by atoms with E-state index in [4.69, 9.17) is 0 Å². The average molecular weight is 535 g/mol. The van der Waals surface area contributed by atoms with Crippen molar-refractivity contribution in [3.8, 4) is 34.6 Å². The highest BCUT2D eigenvalue weighted by atomic mass is 15.0. The lowest BCUT2D eigenvalue weighted by molar-refractivity contribution is 1.17. The summed E-state index contributed by atoms with van der Waals surface area (Å²) in [7, 11) is 0. The van der Waals surface area contributed by atoms with Crippen LogP contribution in [0, 0.1) is 22.7 Å². The van der Waals surface area contributed by atoms with Crippen molar-refractivity contribution in [2.24, 2.45) is 0 Å². The lowest BCUT2D eigenvalue weighted by Gasteiger charge is -2.10. The van der Waals surface area contributed by atoms with Gasteiger partial charge < -0.3 is 9.13 Å². The molecule has 0 aliphatic rings. The lowest BCUT2D eigenvalue weighted by Crippen LogP contribution is -1.96. The van der Waals surface area contributed by atoms with Crippen molar-refractivity contribution in [3.63, 3.8) is 0 Å². The van der Waals surface area contributed by atoms with Gasteiger partial charge in [0, 0.05) is 32.9 Å². The van der Waals surface area contributed by atoms with Crippen LogP contribution < -0.4 is 0 Å². The highest BCUT2D eigenvalue weighted by molar-refractivity contribution is 6.12. The molecule has 0 radical (unpaired) electrons. The Morgan fingerprint density at radius 2 is 0.952 bits per heavy atom. The van der Waals surface area contributed by atoms with Crippen LogP contribution >= 0.6 is 0 Å². The van der Waals surface area contributed by atoms with Crippen LogP contribution in [0.5, 0.6) is 0 Å². The van der Waals surface area contributed by atoms with E-state index in [2.05, 4.69) is 124 Å². The number of hydrogen-bond acceptors (Lipinski definition) is 2. The fraction of sp³-hybridized carbons (Fsp3) is 0. The second kappa shape index (κ2) is 9.24. The molecule has 8 rings (SSSR count). The van der Waals surface area contributed by atoms with Crippen LogP contribution in [0.15, 0.2) is 133 Å². The number of para-hydroxylation sites is 3. The normalized spacial score (nSPS) is 11.3. The van der Waals surface area contributed by atoms with Crippen LogP contribution in [0.4, 0.5) is 0 Å². The van der Waals surface area contributed by atoms with Gasteiger partial charge in [0.25, 0.3) is 0 Å². The van der Waals surface area contributed by atoms with E-state index in [1.807, 2.05) is 24.3 Å². The standard InChI is InChI=1S/C38H22N4/c39-23-27-14-17-30(20-28(27)24-40)42-35-12-6-4-10-31(35)33-18-15-26(22-38(33)42)25-16-19-37-34(21-25)32-11-5-7-13-36(32)41(37)29-8-2-1-3-9-29/h1-22H. The molecule has 0 amide bonds. The lowest BCUT2D eigenvalue weighted by atomic mass is 10.0. The van der Waals surface area contributed by atoms with Gasteiger partial charge in [-0.25, -0.2) is 0 Å². The Bertz CT molecular complexity index is 2430. The molecule has 0 unspecified atom stereocenters. The summed E-state index contributed by atoms with van der Waals surface area (Å²) in [5.41, 5.74) is 9.45. The minimum Gasteiger partial charge on any atom is -0.309 e. The monoisotopic (exact) mass is 534 g/mol. The molecule has 0 saturated carbocycles. The van der Waals surface area contributed by atoms with Crippen LogP contribution in [0.3, 0.4) is 0 Å². The summed E-state index contributed by atoms with van der Waals surface area (Å²) in [5.74, 6) is 0. The number of benzene rings is 6. The molecule has 42 heavy (non-hydrogen) atoms. The molecular formula is C38H22N4. The van der Waals surface area contributed by atoms with Crippen molar-refractivity contribution in [1.29, 1.82) is 10.5 Å². The number of fused-ring (bicyclic) bond motifs is 6. The first-order chi connectivity index (χ1) is 20.7. The highest BCUT2D eigenvalue weighted by Gasteiger charge is 2.16.